The van der Waals surface area contributed by atoms with Crippen LogP contribution in [0.2, 0.25) is 0 Å². The minimum atomic E-state index is -0.658. The number of allylic oxidation sites excluding steroid dienone is 1. The van der Waals surface area contributed by atoms with Gasteiger partial charge in [0.1, 0.15) is 0 Å². The summed E-state index contributed by atoms with van der Waals surface area (Å²) in [4.78, 5) is 24.3. The van der Waals surface area contributed by atoms with Gasteiger partial charge in [-0.2, -0.15) is 4.98 Å². The highest BCUT2D eigenvalue weighted by Gasteiger charge is 2.19. The van der Waals surface area contributed by atoms with E-state index in [1.165, 1.54) is 6.08 Å². The number of nitrogens with two attached hydrogens (primary N) is 1. The summed E-state index contributed by atoms with van der Waals surface area (Å²) in [6, 6.07) is 6.44. The van der Waals surface area contributed by atoms with Crippen molar-refractivity contribution < 1.29 is 19.4 Å². The maximum absolute atomic E-state index is 14.3. The maximum Gasteiger partial charge on any atom is 0.251 e. The molecule has 7 N–H and O–H groups in total. The van der Waals surface area contributed by atoms with E-state index in [4.69, 9.17) is 15.9 Å². The van der Waals surface area contributed by atoms with Crippen LogP contribution in [0.1, 0.15) is 6.42 Å². The van der Waals surface area contributed by atoms with E-state index in [1.54, 1.807) is 30.4 Å². The van der Waals surface area contributed by atoms with Crippen molar-refractivity contribution in [2.75, 3.05) is 36.9 Å². The van der Waals surface area contributed by atoms with Crippen molar-refractivity contribution in [3.05, 3.63) is 60.1 Å². The molecule has 1 unspecified atom stereocenters. The zero-order chi connectivity index (χ0) is 23.6. The number of aliphatic hydroxyl groups is 2. The molecular weight excluding hydrogens is 429 g/mol. The van der Waals surface area contributed by atoms with Crippen LogP contribution in [0.15, 0.2) is 59.3 Å². The molecule has 1 aromatic carbocycles. The average molecular weight is 455 g/mol. The second-order valence-corrected chi connectivity index (χ2v) is 7.08. The lowest BCUT2D eigenvalue weighted by atomic mass is 9.94. The Hall–Kier alpha value is -3.67. The molecule has 0 saturated heterocycles. The summed E-state index contributed by atoms with van der Waals surface area (Å²) in [5, 5.41) is 26.2. The number of amides is 1. The summed E-state index contributed by atoms with van der Waals surface area (Å²) in [5.41, 5.74) is 8.65. The van der Waals surface area contributed by atoms with Gasteiger partial charge in [0.25, 0.3) is 5.95 Å². The Morgan fingerprint density at radius 1 is 1.27 bits per heavy atom. The molecule has 0 fully saturated rings. The first kappa shape index (κ1) is 24.0. The van der Waals surface area contributed by atoms with Gasteiger partial charge in [0.2, 0.25) is 5.91 Å². The summed E-state index contributed by atoms with van der Waals surface area (Å²) >= 11 is 0. The number of aromatic nitrogens is 2. The minimum absolute atomic E-state index is 0.00884. The predicted octanol–water partition coefficient (Wildman–Crippen LogP) is 1.16. The molecule has 0 aliphatic heterocycles. The largest absolute Gasteiger partial charge is 0.395 e. The lowest BCUT2D eigenvalue weighted by Crippen LogP contribution is -2.35. The van der Waals surface area contributed by atoms with E-state index in [2.05, 4.69) is 30.9 Å². The first-order chi connectivity index (χ1) is 16.0. The van der Waals surface area contributed by atoms with Crippen LogP contribution in [0.25, 0.3) is 0 Å². The highest BCUT2D eigenvalue weighted by molar-refractivity contribution is 6.04. The van der Waals surface area contributed by atoms with Crippen molar-refractivity contribution in [1.82, 2.24) is 15.3 Å². The lowest BCUT2D eigenvalue weighted by Gasteiger charge is -2.19. The summed E-state index contributed by atoms with van der Waals surface area (Å²) in [6.45, 7) is 0.368. The molecule has 1 atom stereocenters. The first-order valence-corrected chi connectivity index (χ1v) is 10.3. The smallest absolute Gasteiger partial charge is 0.251 e. The minimum Gasteiger partial charge on any atom is -0.395 e. The fourth-order valence-electron chi connectivity index (χ4n) is 3.05. The zero-order valence-electron chi connectivity index (χ0n) is 17.8. The van der Waals surface area contributed by atoms with E-state index >= 15 is 0 Å². The predicted molar refractivity (Wildman–Crippen MR) is 124 cm³/mol. The molecule has 0 radical (unpaired) electrons. The Morgan fingerprint density at radius 3 is 2.85 bits per heavy atom. The van der Waals surface area contributed by atoms with Gasteiger partial charge in [-0.25, -0.2) is 14.4 Å². The molecule has 0 saturated carbocycles. The molecule has 1 aromatic heterocycles. The number of hydrogen-bond donors (Lipinski definition) is 6. The molecule has 0 bridgehead atoms. The molecule has 10 nitrogen and oxygen atoms in total. The van der Waals surface area contributed by atoms with Crippen LogP contribution < -0.4 is 21.7 Å². The van der Waals surface area contributed by atoms with Crippen LogP contribution in [0, 0.1) is 5.82 Å². The number of halogens is 1. The van der Waals surface area contributed by atoms with Gasteiger partial charge < -0.3 is 31.9 Å². The van der Waals surface area contributed by atoms with Crippen LogP contribution in [0.5, 0.6) is 0 Å². The lowest BCUT2D eigenvalue weighted by molar-refractivity contribution is -0.116. The van der Waals surface area contributed by atoms with Crippen molar-refractivity contribution in [3.63, 3.8) is 0 Å². The number of nitrogens with one attached hydrogen (secondary N) is 3. The molecule has 3 rings (SSSR count). The number of carbonyl (C=O) groups excluding carboxylic acids is 1. The van der Waals surface area contributed by atoms with Gasteiger partial charge in [0.05, 0.1) is 31.2 Å². The van der Waals surface area contributed by atoms with Gasteiger partial charge in [-0.15, -0.1) is 0 Å². The highest BCUT2D eigenvalue weighted by atomic mass is 19.1. The summed E-state index contributed by atoms with van der Waals surface area (Å²) < 4.78 is 14.3. The van der Waals surface area contributed by atoms with E-state index in [0.29, 0.717) is 29.9 Å². The van der Waals surface area contributed by atoms with Crippen LogP contribution in [-0.2, 0) is 4.79 Å². The number of rotatable bonds is 9. The van der Waals surface area contributed by atoms with Crippen LogP contribution in [-0.4, -0.2) is 64.1 Å². The number of aliphatic imine (C=N–C) groups is 1. The molecule has 0 spiro atoms. The average Bonchev–Trinajstić information content (AvgIpc) is 2.81. The molecule has 1 aliphatic rings. The van der Waals surface area contributed by atoms with Crippen molar-refractivity contribution in [2.24, 2.45) is 10.7 Å². The van der Waals surface area contributed by atoms with E-state index < -0.39 is 11.9 Å². The number of aliphatic hydroxyl groups excluding tert-OH is 2. The fraction of sp³-hybridized carbons (Fsp3) is 0.273. The van der Waals surface area contributed by atoms with Crippen molar-refractivity contribution in [1.29, 1.82) is 0 Å². The number of benzene rings is 1. The zero-order valence-corrected chi connectivity index (χ0v) is 17.8. The Bertz CT molecular complexity index is 1070. The summed E-state index contributed by atoms with van der Waals surface area (Å²) in [6.07, 6.45) is 6.39. The van der Waals surface area contributed by atoms with E-state index in [-0.39, 0.29) is 37.4 Å². The monoisotopic (exact) mass is 455 g/mol. The Morgan fingerprint density at radius 2 is 2.06 bits per heavy atom. The number of hydrogen-bond acceptors (Lipinski definition) is 9. The summed E-state index contributed by atoms with van der Waals surface area (Å²) in [7, 11) is 0. The Labute approximate surface area is 190 Å². The molecule has 1 amide bonds. The normalized spacial score (nSPS) is 17.9. The third-order valence-corrected chi connectivity index (χ3v) is 4.61. The molecule has 1 aliphatic carbocycles. The standard InChI is InChI=1S/C22H26FN7O3/c23-17-13-27-22(30-21(17)28-16-5-2-4-15(12-16)25-7-9-31)29-18-6-1-3-14(20(18)24)11-19(33)26-8-10-32/h1-2,4-6,11-13,20,25,31-32H,3,7-10,24H2,(H,26,33)(H,27,28,30). The SMILES string of the molecule is NC1C(=CC(=O)NCCO)CC=CC1=Nc1ncc(F)c(Nc2cccc(NCCO)c2)n1. The van der Waals surface area contributed by atoms with Crippen LogP contribution in [0.4, 0.5) is 27.5 Å². The van der Waals surface area contributed by atoms with Gasteiger partial charge >= 0.3 is 0 Å². The number of anilines is 3. The molecular formula is C22H26FN7O3. The molecule has 33 heavy (non-hydrogen) atoms. The van der Waals surface area contributed by atoms with Crippen LogP contribution in [0.3, 0.4) is 0 Å². The van der Waals surface area contributed by atoms with Gasteiger partial charge in [0.15, 0.2) is 11.6 Å². The summed E-state index contributed by atoms with van der Waals surface area (Å²) in [5.74, 6) is -1.06. The topological polar surface area (TPSA) is 158 Å². The van der Waals surface area contributed by atoms with E-state index in [1.807, 2.05) is 6.07 Å². The van der Waals surface area contributed by atoms with Crippen molar-refractivity contribution in [3.8, 4) is 0 Å². The third kappa shape index (κ3) is 6.91. The quantitative estimate of drug-likeness (QED) is 0.307. The molecule has 1 heterocycles. The molecule has 11 heteroatoms. The van der Waals surface area contributed by atoms with Gasteiger partial charge in [0, 0.05) is 30.5 Å². The van der Waals surface area contributed by atoms with Crippen molar-refractivity contribution in [2.45, 2.75) is 12.5 Å². The second-order valence-electron chi connectivity index (χ2n) is 7.08. The Kier molecular flexibility index (Phi) is 8.58. The number of carbonyl (C=O) groups is 1. The van der Waals surface area contributed by atoms with Crippen LogP contribution >= 0.6 is 0 Å². The first-order valence-electron chi connectivity index (χ1n) is 10.3. The maximum atomic E-state index is 14.3. The third-order valence-electron chi connectivity index (χ3n) is 4.61. The van der Waals surface area contributed by atoms with Gasteiger partial charge in [-0.1, -0.05) is 12.1 Å². The van der Waals surface area contributed by atoms with E-state index in [0.717, 1.165) is 11.9 Å². The van der Waals surface area contributed by atoms with E-state index in [9.17, 15) is 9.18 Å². The van der Waals surface area contributed by atoms with Gasteiger partial charge in [-0.3, -0.25) is 4.79 Å². The highest BCUT2D eigenvalue weighted by Crippen LogP contribution is 2.23. The molecule has 174 valence electrons. The molecule has 2 aromatic rings. The fourth-order valence-corrected chi connectivity index (χ4v) is 3.05. The van der Waals surface area contributed by atoms with Crippen molar-refractivity contribution >= 4 is 34.8 Å². The Balaban J connectivity index is 1.79. The second kappa shape index (κ2) is 11.8. The van der Waals surface area contributed by atoms with Gasteiger partial charge in [-0.05, 0) is 36.3 Å². The number of nitrogens with zero attached hydrogens (tertiary/aromatic N) is 3.